The zero-order valence-electron chi connectivity index (χ0n) is 11.2. The number of anilines is 1. The fourth-order valence-electron chi connectivity index (χ4n) is 2.16. The first-order valence-electron chi connectivity index (χ1n) is 6.71. The van der Waals surface area contributed by atoms with E-state index in [2.05, 4.69) is 34.6 Å². The van der Waals surface area contributed by atoms with Crippen LogP contribution >= 0.6 is 11.3 Å². The van der Waals surface area contributed by atoms with Crippen molar-refractivity contribution in [3.05, 3.63) is 59.1 Å². The molecule has 0 bridgehead atoms. The number of nitrogens with one attached hydrogen (secondary N) is 1. The van der Waals surface area contributed by atoms with Gasteiger partial charge in [0, 0.05) is 25.2 Å². The molecule has 3 N–H and O–H groups in total. The molecular formula is C16H17N3S. The van der Waals surface area contributed by atoms with Crippen LogP contribution < -0.4 is 11.1 Å². The molecule has 4 heteroatoms. The third-order valence-electron chi connectivity index (χ3n) is 3.13. The molecule has 0 aliphatic heterocycles. The maximum absolute atomic E-state index is 5.76. The second-order valence-corrected chi connectivity index (χ2v) is 5.86. The van der Waals surface area contributed by atoms with Gasteiger partial charge < -0.3 is 11.1 Å². The summed E-state index contributed by atoms with van der Waals surface area (Å²) in [6.07, 6.45) is 0.960. The molecule has 1 heterocycles. The Morgan fingerprint density at radius 2 is 2.00 bits per heavy atom. The lowest BCUT2D eigenvalue weighted by molar-refractivity contribution is 0.686. The van der Waals surface area contributed by atoms with Crippen molar-refractivity contribution in [2.24, 2.45) is 0 Å². The number of fused-ring (bicyclic) bond motifs is 1. The molecule has 0 spiro atoms. The van der Waals surface area contributed by atoms with Crippen LogP contribution in [0.1, 0.15) is 10.6 Å². The summed E-state index contributed by atoms with van der Waals surface area (Å²) in [5.41, 5.74) is 8.89. The largest absolute Gasteiger partial charge is 0.399 e. The fraction of sp³-hybridized carbons (Fsp3) is 0.188. The van der Waals surface area contributed by atoms with Gasteiger partial charge in [0.2, 0.25) is 0 Å². The molecule has 0 unspecified atom stereocenters. The van der Waals surface area contributed by atoms with Crippen LogP contribution in [0.4, 0.5) is 5.69 Å². The fourth-order valence-corrected chi connectivity index (χ4v) is 3.12. The Hall–Kier alpha value is -1.91. The highest BCUT2D eigenvalue weighted by Crippen LogP contribution is 2.21. The Kier molecular flexibility index (Phi) is 3.95. The van der Waals surface area contributed by atoms with Crippen LogP contribution in [0.15, 0.2) is 48.5 Å². The van der Waals surface area contributed by atoms with Crippen molar-refractivity contribution in [2.75, 3.05) is 12.3 Å². The third-order valence-corrected chi connectivity index (χ3v) is 4.23. The maximum atomic E-state index is 5.76. The number of aromatic nitrogens is 1. The molecule has 0 atom stereocenters. The number of para-hydroxylation sites is 1. The molecule has 3 nitrogen and oxygen atoms in total. The van der Waals surface area contributed by atoms with E-state index < -0.39 is 0 Å². The van der Waals surface area contributed by atoms with E-state index in [-0.39, 0.29) is 0 Å². The van der Waals surface area contributed by atoms with Crippen molar-refractivity contribution in [2.45, 2.75) is 13.0 Å². The van der Waals surface area contributed by atoms with Gasteiger partial charge in [-0.15, -0.1) is 11.3 Å². The number of nitrogen functional groups attached to an aromatic ring is 1. The summed E-state index contributed by atoms with van der Waals surface area (Å²) in [6, 6.07) is 16.3. The van der Waals surface area contributed by atoms with Crippen molar-refractivity contribution >= 4 is 27.2 Å². The summed E-state index contributed by atoms with van der Waals surface area (Å²) >= 11 is 1.77. The Morgan fingerprint density at radius 3 is 2.85 bits per heavy atom. The number of rotatable bonds is 5. The highest BCUT2D eigenvalue weighted by molar-refractivity contribution is 7.18. The molecule has 0 aliphatic carbocycles. The maximum Gasteiger partial charge on any atom is 0.0951 e. The summed E-state index contributed by atoms with van der Waals surface area (Å²) in [4.78, 5) is 4.63. The van der Waals surface area contributed by atoms with Gasteiger partial charge in [-0.2, -0.15) is 0 Å². The van der Waals surface area contributed by atoms with E-state index in [0.717, 1.165) is 30.7 Å². The van der Waals surface area contributed by atoms with Crippen molar-refractivity contribution in [3.63, 3.8) is 0 Å². The third kappa shape index (κ3) is 3.15. The molecule has 0 saturated carbocycles. The monoisotopic (exact) mass is 283 g/mol. The molecule has 102 valence electrons. The standard InChI is InChI=1S/C16H17N3S/c17-13-5-3-4-12(10-13)11-18-9-8-16-19-14-6-1-2-7-15(14)20-16/h1-7,10,18H,8-9,11,17H2. The van der Waals surface area contributed by atoms with E-state index in [1.165, 1.54) is 15.3 Å². The minimum atomic E-state index is 0.815. The normalized spacial score (nSPS) is 11.0. The zero-order valence-corrected chi connectivity index (χ0v) is 12.0. The lowest BCUT2D eigenvalue weighted by Gasteiger charge is -2.04. The summed E-state index contributed by atoms with van der Waals surface area (Å²) in [6.45, 7) is 1.77. The summed E-state index contributed by atoms with van der Waals surface area (Å²) in [7, 11) is 0. The van der Waals surface area contributed by atoms with Crippen molar-refractivity contribution < 1.29 is 0 Å². The van der Waals surface area contributed by atoms with Gasteiger partial charge in [0.1, 0.15) is 0 Å². The molecule has 0 radical (unpaired) electrons. The molecule has 20 heavy (non-hydrogen) atoms. The minimum absolute atomic E-state index is 0.815. The molecule has 0 amide bonds. The van der Waals surface area contributed by atoms with Crippen molar-refractivity contribution in [3.8, 4) is 0 Å². The summed E-state index contributed by atoms with van der Waals surface area (Å²) in [5, 5.41) is 4.62. The van der Waals surface area contributed by atoms with Gasteiger partial charge in [0.15, 0.2) is 0 Å². The van der Waals surface area contributed by atoms with E-state index in [1.54, 1.807) is 11.3 Å². The van der Waals surface area contributed by atoms with Crippen LogP contribution in [0.2, 0.25) is 0 Å². The molecule has 0 fully saturated rings. The van der Waals surface area contributed by atoms with Gasteiger partial charge in [0.25, 0.3) is 0 Å². The lowest BCUT2D eigenvalue weighted by atomic mass is 10.2. The Morgan fingerprint density at radius 1 is 1.10 bits per heavy atom. The van der Waals surface area contributed by atoms with Crippen LogP contribution in [0.25, 0.3) is 10.2 Å². The van der Waals surface area contributed by atoms with Gasteiger partial charge in [-0.05, 0) is 29.8 Å². The van der Waals surface area contributed by atoms with Gasteiger partial charge in [0.05, 0.1) is 15.2 Å². The molecule has 3 rings (SSSR count). The van der Waals surface area contributed by atoms with E-state index in [4.69, 9.17) is 5.73 Å². The predicted molar refractivity (Wildman–Crippen MR) is 85.9 cm³/mol. The second-order valence-electron chi connectivity index (χ2n) is 4.75. The Bertz CT molecular complexity index is 673. The van der Waals surface area contributed by atoms with Crippen LogP contribution in [0.5, 0.6) is 0 Å². The topological polar surface area (TPSA) is 50.9 Å². The number of benzene rings is 2. The lowest BCUT2D eigenvalue weighted by Crippen LogP contribution is -2.16. The average molecular weight is 283 g/mol. The molecule has 1 aromatic heterocycles. The van der Waals surface area contributed by atoms with E-state index in [0.29, 0.717) is 0 Å². The number of thiazole rings is 1. The van der Waals surface area contributed by atoms with Crippen LogP contribution in [-0.4, -0.2) is 11.5 Å². The van der Waals surface area contributed by atoms with E-state index in [9.17, 15) is 0 Å². The first-order valence-corrected chi connectivity index (χ1v) is 7.52. The molecule has 0 aliphatic rings. The Labute approximate surface area is 122 Å². The number of nitrogens with two attached hydrogens (primary N) is 1. The van der Waals surface area contributed by atoms with Crippen molar-refractivity contribution in [1.29, 1.82) is 0 Å². The summed E-state index contributed by atoms with van der Waals surface area (Å²) < 4.78 is 1.26. The van der Waals surface area contributed by atoms with Crippen LogP contribution in [0, 0.1) is 0 Å². The Balaban J connectivity index is 1.52. The van der Waals surface area contributed by atoms with E-state index in [1.807, 2.05) is 24.3 Å². The number of hydrogen-bond donors (Lipinski definition) is 2. The average Bonchev–Trinajstić information content (AvgIpc) is 2.86. The molecular weight excluding hydrogens is 266 g/mol. The molecule has 0 saturated heterocycles. The SMILES string of the molecule is Nc1cccc(CNCCc2nc3ccccc3s2)c1. The second kappa shape index (κ2) is 6.03. The molecule has 3 aromatic rings. The smallest absolute Gasteiger partial charge is 0.0951 e. The predicted octanol–water partition coefficient (Wildman–Crippen LogP) is 3.21. The number of hydrogen-bond acceptors (Lipinski definition) is 4. The van der Waals surface area contributed by atoms with Gasteiger partial charge in [-0.25, -0.2) is 4.98 Å². The summed E-state index contributed by atoms with van der Waals surface area (Å²) in [5.74, 6) is 0. The minimum Gasteiger partial charge on any atom is -0.399 e. The van der Waals surface area contributed by atoms with Gasteiger partial charge >= 0.3 is 0 Å². The molecule has 2 aromatic carbocycles. The van der Waals surface area contributed by atoms with E-state index >= 15 is 0 Å². The van der Waals surface area contributed by atoms with Crippen LogP contribution in [-0.2, 0) is 13.0 Å². The first-order chi connectivity index (χ1) is 9.81. The first kappa shape index (κ1) is 13.1. The van der Waals surface area contributed by atoms with Gasteiger partial charge in [-0.1, -0.05) is 24.3 Å². The quantitative estimate of drug-likeness (QED) is 0.558. The van der Waals surface area contributed by atoms with Crippen LogP contribution in [0.3, 0.4) is 0 Å². The number of nitrogens with zero attached hydrogens (tertiary/aromatic N) is 1. The van der Waals surface area contributed by atoms with Gasteiger partial charge in [-0.3, -0.25) is 0 Å². The zero-order chi connectivity index (χ0) is 13.8. The van der Waals surface area contributed by atoms with Crippen molar-refractivity contribution in [1.82, 2.24) is 10.3 Å². The highest BCUT2D eigenvalue weighted by Gasteiger charge is 2.02. The highest BCUT2D eigenvalue weighted by atomic mass is 32.1.